The third-order valence-corrected chi connectivity index (χ3v) is 16.6. The number of phenolic OH excluding ortho intramolecular Hbond substituents is 1. The minimum Gasteiger partial charge on any atom is -0.508 e. The van der Waals surface area contributed by atoms with Crippen LogP contribution in [0.2, 0.25) is 0 Å². The molecule has 22 nitrogen and oxygen atoms in total. The molecule has 2 aliphatic heterocycles. The molecule has 472 valence electrons. The molecule has 22 heteroatoms. The van der Waals surface area contributed by atoms with Crippen molar-refractivity contribution in [1.82, 2.24) is 36.1 Å². The van der Waals surface area contributed by atoms with Gasteiger partial charge in [-0.25, -0.2) is 4.98 Å². The van der Waals surface area contributed by atoms with Gasteiger partial charge in [0.15, 0.2) is 34.9 Å². The van der Waals surface area contributed by atoms with Crippen molar-refractivity contribution in [2.75, 3.05) is 19.7 Å². The van der Waals surface area contributed by atoms with E-state index in [0.717, 1.165) is 16.7 Å². The maximum atomic E-state index is 14.8. The maximum absolute atomic E-state index is 14.8. The van der Waals surface area contributed by atoms with Gasteiger partial charge in [-0.05, 0) is 110 Å². The molecule has 9 atom stereocenters. The Morgan fingerprint density at radius 1 is 0.747 bits per heavy atom. The van der Waals surface area contributed by atoms with Crippen LogP contribution in [-0.2, 0) is 67.2 Å². The van der Waals surface area contributed by atoms with Gasteiger partial charge in [0.05, 0.1) is 55.0 Å². The second kappa shape index (κ2) is 33.3. The number of ketones is 5. The largest absolute Gasteiger partial charge is 0.508 e. The monoisotopic (exact) mass is 1200 g/mol. The number of benzene rings is 2. The molecule has 0 radical (unpaired) electrons. The van der Waals surface area contributed by atoms with Crippen LogP contribution < -0.4 is 32.7 Å². The van der Waals surface area contributed by atoms with Crippen molar-refractivity contribution >= 4 is 70.0 Å². The highest BCUT2D eigenvalue weighted by Gasteiger charge is 2.40. The Hall–Kier alpha value is -7.88. The molecule has 0 unspecified atom stereocenters. The van der Waals surface area contributed by atoms with Crippen molar-refractivity contribution in [3.05, 3.63) is 89.5 Å². The normalized spacial score (nSPS) is 17.9. The number of Topliss-reactive ketones (excluding diaryl/α,β-unsaturated/α-hetero) is 5. The summed E-state index contributed by atoms with van der Waals surface area (Å²) < 4.78 is 0. The van der Waals surface area contributed by atoms with Crippen LogP contribution in [-0.4, -0.2) is 139 Å². The third-order valence-electron chi connectivity index (χ3n) is 16.6. The molecule has 11 N–H and O–H groups in total. The summed E-state index contributed by atoms with van der Waals surface area (Å²) in [5.74, 6) is -9.26. The van der Waals surface area contributed by atoms with Crippen LogP contribution in [0.15, 0.2) is 72.1 Å². The molecular formula is C65H90N10O12. The fourth-order valence-electron chi connectivity index (χ4n) is 12.0. The predicted octanol–water partition coefficient (Wildman–Crippen LogP) is 4.46. The predicted molar refractivity (Wildman–Crippen MR) is 327 cm³/mol. The SMILES string of the molecule is CCCC(=O)[C@@H]1CCCN1C(=O)[C@H](CCCN=C(N)N)CC(=O)[C@H](CC(C)C)NC(=O)[C@H](CC(=O)[C@H](Cc1ccc(O)cc1)NC(=O)[C@H](CO)CC(=O)[C@H](CC1=CCc2ccccc21)NC(=O)[C@@H](CC(=O)[C@@H]1CCC(=O)N1)Cc1cnc[nH]1)CC(C)C. The molecule has 1 aromatic heterocycles. The van der Waals surface area contributed by atoms with Crippen molar-refractivity contribution in [2.45, 2.75) is 180 Å². The summed E-state index contributed by atoms with van der Waals surface area (Å²) in [5.41, 5.74) is 14.9. The minimum absolute atomic E-state index is 0.00929. The van der Waals surface area contributed by atoms with Gasteiger partial charge in [0.1, 0.15) is 5.75 Å². The molecular weight excluding hydrogens is 1110 g/mol. The number of aromatic hydroxyl groups is 1. The Labute approximate surface area is 509 Å². The number of fused-ring (bicyclic) bond motifs is 1. The van der Waals surface area contributed by atoms with Crippen molar-refractivity contribution < 1.29 is 58.2 Å². The zero-order valence-corrected chi connectivity index (χ0v) is 51.0. The van der Waals surface area contributed by atoms with Crippen molar-refractivity contribution in [2.24, 2.45) is 52.0 Å². The summed E-state index contributed by atoms with van der Waals surface area (Å²) in [7, 11) is 0. The number of nitrogens with zero attached hydrogens (tertiary/aromatic N) is 3. The highest BCUT2D eigenvalue weighted by Crippen LogP contribution is 2.32. The molecule has 6 rings (SSSR count). The number of amides is 5. The van der Waals surface area contributed by atoms with Crippen molar-refractivity contribution in [1.29, 1.82) is 0 Å². The van der Waals surface area contributed by atoms with E-state index < -0.39 is 108 Å². The van der Waals surface area contributed by atoms with E-state index in [4.69, 9.17) is 11.5 Å². The van der Waals surface area contributed by atoms with Crippen molar-refractivity contribution in [3.8, 4) is 5.75 Å². The number of nitrogens with two attached hydrogens (primary N) is 2. The third kappa shape index (κ3) is 20.6. The van der Waals surface area contributed by atoms with E-state index >= 15 is 0 Å². The number of imidazole rings is 1. The van der Waals surface area contributed by atoms with Gasteiger partial charge in [0.2, 0.25) is 29.5 Å². The van der Waals surface area contributed by atoms with Crippen LogP contribution in [0.25, 0.3) is 5.57 Å². The lowest BCUT2D eigenvalue weighted by atomic mass is 9.86. The van der Waals surface area contributed by atoms with E-state index in [1.165, 1.54) is 24.7 Å². The first-order valence-electron chi connectivity index (χ1n) is 30.9. The summed E-state index contributed by atoms with van der Waals surface area (Å²) in [6.45, 7) is 9.19. The van der Waals surface area contributed by atoms with Gasteiger partial charge in [0, 0.05) is 88.2 Å². The average Bonchev–Trinajstić information content (AvgIpc) is 4.55. The number of hydrogen-bond donors (Lipinski definition) is 9. The number of aliphatic imine (C=N–C) groups is 1. The van der Waals surface area contributed by atoms with Gasteiger partial charge in [-0.2, -0.15) is 0 Å². The number of aromatic nitrogens is 2. The Morgan fingerprint density at radius 2 is 1.38 bits per heavy atom. The molecule has 87 heavy (non-hydrogen) atoms. The second-order valence-electron chi connectivity index (χ2n) is 24.6. The molecule has 0 spiro atoms. The number of H-pyrrole nitrogens is 1. The zero-order chi connectivity index (χ0) is 63.3. The topological polar surface area (TPSA) is 356 Å². The van der Waals surface area contributed by atoms with Crippen LogP contribution in [0.4, 0.5) is 0 Å². The average molecular weight is 1200 g/mol. The lowest BCUT2D eigenvalue weighted by Crippen LogP contribution is -2.50. The van der Waals surface area contributed by atoms with E-state index in [1.54, 1.807) is 17.0 Å². The van der Waals surface area contributed by atoms with Crippen LogP contribution in [0.3, 0.4) is 0 Å². The molecule has 2 fully saturated rings. The van der Waals surface area contributed by atoms with Gasteiger partial charge >= 0.3 is 0 Å². The number of likely N-dealkylation sites (tertiary alicyclic amines) is 1. The number of guanidine groups is 1. The molecule has 3 aromatic rings. The number of aliphatic hydroxyl groups excluding tert-OH is 1. The van der Waals surface area contributed by atoms with Crippen LogP contribution in [0.5, 0.6) is 5.75 Å². The Bertz CT molecular complexity index is 2950. The first-order valence-corrected chi connectivity index (χ1v) is 30.9. The number of hydrogen-bond acceptors (Lipinski definition) is 14. The number of rotatable bonds is 37. The lowest BCUT2D eigenvalue weighted by Gasteiger charge is -2.30. The highest BCUT2D eigenvalue weighted by molar-refractivity contribution is 5.99. The van der Waals surface area contributed by atoms with E-state index in [-0.39, 0.29) is 118 Å². The van der Waals surface area contributed by atoms with Crippen LogP contribution >= 0.6 is 0 Å². The van der Waals surface area contributed by atoms with Gasteiger partial charge in [0.25, 0.3) is 0 Å². The Kier molecular flexibility index (Phi) is 26.1. The first-order chi connectivity index (χ1) is 41.5. The zero-order valence-electron chi connectivity index (χ0n) is 51.0. The van der Waals surface area contributed by atoms with Crippen molar-refractivity contribution in [3.63, 3.8) is 0 Å². The van der Waals surface area contributed by atoms with Crippen LogP contribution in [0.1, 0.15) is 153 Å². The fraction of sp³-hybridized carbons (Fsp3) is 0.569. The summed E-state index contributed by atoms with van der Waals surface area (Å²) in [6, 6.07) is 8.62. The summed E-state index contributed by atoms with van der Waals surface area (Å²) in [4.78, 5) is 154. The van der Waals surface area contributed by atoms with E-state index in [1.807, 2.05) is 65.0 Å². The number of aliphatic hydroxyl groups is 1. The summed E-state index contributed by atoms with van der Waals surface area (Å²) in [5, 5.41) is 32.3. The molecule has 5 amide bonds. The smallest absolute Gasteiger partial charge is 0.226 e. The number of phenols is 1. The number of carbonyl (C=O) groups excluding carboxylic acids is 10. The van der Waals surface area contributed by atoms with E-state index in [9.17, 15) is 58.2 Å². The second-order valence-corrected chi connectivity index (χ2v) is 24.6. The maximum Gasteiger partial charge on any atom is 0.226 e. The number of carbonyl (C=O) groups is 10. The quantitative estimate of drug-likeness (QED) is 0.0219. The van der Waals surface area contributed by atoms with Gasteiger partial charge in [-0.3, -0.25) is 52.9 Å². The summed E-state index contributed by atoms with van der Waals surface area (Å²) in [6.07, 6.45) is 7.59. The molecule has 3 heterocycles. The number of aromatic amines is 1. The number of nitrogens with one attached hydrogen (secondary N) is 5. The molecule has 1 aliphatic carbocycles. The minimum atomic E-state index is -1.43. The van der Waals surface area contributed by atoms with Gasteiger partial charge in [-0.15, -0.1) is 0 Å². The molecule has 2 aromatic carbocycles. The van der Waals surface area contributed by atoms with E-state index in [0.29, 0.717) is 56.3 Å². The Morgan fingerprint density at radius 3 is 2.01 bits per heavy atom. The molecule has 0 bridgehead atoms. The highest BCUT2D eigenvalue weighted by atomic mass is 16.3. The van der Waals surface area contributed by atoms with Crippen LogP contribution in [0, 0.1) is 35.5 Å². The first kappa shape index (κ1) is 68.2. The lowest BCUT2D eigenvalue weighted by molar-refractivity contribution is -0.143. The molecule has 0 saturated carbocycles. The Balaban J connectivity index is 1.22. The summed E-state index contributed by atoms with van der Waals surface area (Å²) >= 11 is 0. The van der Waals surface area contributed by atoms with Gasteiger partial charge in [-0.1, -0.05) is 77.1 Å². The number of allylic oxidation sites excluding steroid dienone is 1. The van der Waals surface area contributed by atoms with Gasteiger partial charge < -0.3 is 52.8 Å². The van der Waals surface area contributed by atoms with E-state index in [2.05, 4.69) is 36.2 Å². The fourth-order valence-corrected chi connectivity index (χ4v) is 12.0. The standard InChI is InChI=1S/C65H90N10O12/c1-6-11-55(78)54-15-10-25-75(54)64(87)43(13-9-24-69-65(66)67)31-57(80)51(27-39(4)5)72-61(84)44(26-38(2)3)32-58(81)52(28-40-16-20-48(77)21-17-40)73-63(86)46(36-76)34-59(82)53(30-42-19-18-41-12-7-8-14-49(41)42)74-62(85)45(29-47-35-68-37-70-47)33-56(79)50-22-23-60(83)71-50/h7-8,12,14,16-17,19-21,35,37-39,43-46,50-54,76-77H,6,9-11,13,15,18,22-34,36H2,1-5H3,(H,68,70)(H,71,83)(H,72,84)(H,73,86)(H,74,85)(H4,66,67,69)/t43-,44+,45-,46+,50+,51+,52+,53+,54+/m1/s1. The molecule has 2 saturated heterocycles. The molecule has 3 aliphatic rings.